The zero-order valence-electron chi connectivity index (χ0n) is 8.20. The molecule has 0 radical (unpaired) electrons. The van der Waals surface area contributed by atoms with E-state index >= 15 is 0 Å². The third-order valence-corrected chi connectivity index (χ3v) is 2.11. The minimum Gasteiger partial charge on any atom is -0.368 e. The molecule has 1 heterocycles. The fourth-order valence-corrected chi connectivity index (χ4v) is 1.40. The van der Waals surface area contributed by atoms with Gasteiger partial charge in [-0.2, -0.15) is 5.10 Å². The van der Waals surface area contributed by atoms with Crippen LogP contribution in [0.5, 0.6) is 0 Å². The number of anilines is 1. The molecule has 0 aliphatic heterocycles. The molecule has 0 bridgehead atoms. The Hall–Kier alpha value is -1.64. The molecular weight excluding hydrogens is 174 g/mol. The number of nitrogens with zero attached hydrogens (tertiary/aromatic N) is 2. The first kappa shape index (κ1) is 8.94. The maximum Gasteiger partial charge on any atom is 0.156 e. The van der Waals surface area contributed by atoms with Gasteiger partial charge in [-0.3, -0.25) is 0 Å². The number of rotatable bonds is 3. The normalized spacial score (nSPS) is 10.4. The molecule has 1 aromatic heterocycles. The van der Waals surface area contributed by atoms with Crippen molar-refractivity contribution in [1.82, 2.24) is 10.2 Å². The Balaban J connectivity index is 2.43. The molecule has 2 aromatic rings. The van der Waals surface area contributed by atoms with Crippen molar-refractivity contribution in [2.45, 2.75) is 13.3 Å². The summed E-state index contributed by atoms with van der Waals surface area (Å²) in [6.45, 7) is 3.06. The number of hydrogen-bond acceptors (Lipinski definition) is 3. The molecule has 1 N–H and O–H groups in total. The standard InChI is InChI=1S/C11H13N3/c1-2-7-12-11-10-6-4-3-5-9(10)8-13-14-11/h3-6,8H,2,7H2,1H3,(H,12,14). The molecule has 3 nitrogen and oxygen atoms in total. The molecule has 0 atom stereocenters. The van der Waals surface area contributed by atoms with Crippen LogP contribution in [0.3, 0.4) is 0 Å². The van der Waals surface area contributed by atoms with Crippen LogP contribution in [-0.2, 0) is 0 Å². The Labute approximate surface area is 83.2 Å². The van der Waals surface area contributed by atoms with Crippen LogP contribution in [0.25, 0.3) is 10.8 Å². The highest BCUT2D eigenvalue weighted by Crippen LogP contribution is 2.18. The molecule has 0 saturated heterocycles. The molecule has 72 valence electrons. The summed E-state index contributed by atoms with van der Waals surface area (Å²) in [4.78, 5) is 0. The minimum absolute atomic E-state index is 0.880. The van der Waals surface area contributed by atoms with Crippen molar-refractivity contribution in [2.24, 2.45) is 0 Å². The van der Waals surface area contributed by atoms with E-state index < -0.39 is 0 Å². The summed E-state index contributed by atoms with van der Waals surface area (Å²) in [6.07, 6.45) is 2.87. The first-order chi connectivity index (χ1) is 6.92. The molecule has 1 aromatic carbocycles. The van der Waals surface area contributed by atoms with Crippen LogP contribution >= 0.6 is 0 Å². The van der Waals surface area contributed by atoms with E-state index in [2.05, 4.69) is 28.5 Å². The fraction of sp³-hybridized carbons (Fsp3) is 0.273. The van der Waals surface area contributed by atoms with Gasteiger partial charge < -0.3 is 5.32 Å². The van der Waals surface area contributed by atoms with Gasteiger partial charge in [-0.05, 0) is 6.42 Å². The van der Waals surface area contributed by atoms with E-state index in [-0.39, 0.29) is 0 Å². The number of fused-ring (bicyclic) bond motifs is 1. The van der Waals surface area contributed by atoms with Gasteiger partial charge in [-0.15, -0.1) is 5.10 Å². The van der Waals surface area contributed by atoms with Crippen LogP contribution in [0.4, 0.5) is 5.82 Å². The quantitative estimate of drug-likeness (QED) is 0.802. The zero-order valence-corrected chi connectivity index (χ0v) is 8.20. The van der Waals surface area contributed by atoms with Gasteiger partial charge in [0.05, 0.1) is 6.20 Å². The number of nitrogens with one attached hydrogen (secondary N) is 1. The molecule has 0 aliphatic carbocycles. The van der Waals surface area contributed by atoms with Crippen LogP contribution < -0.4 is 5.32 Å². The zero-order chi connectivity index (χ0) is 9.80. The van der Waals surface area contributed by atoms with E-state index in [4.69, 9.17) is 0 Å². The largest absolute Gasteiger partial charge is 0.368 e. The lowest BCUT2D eigenvalue weighted by Gasteiger charge is -2.05. The summed E-state index contributed by atoms with van der Waals surface area (Å²) in [5.41, 5.74) is 0. The average molecular weight is 187 g/mol. The maximum absolute atomic E-state index is 4.08. The van der Waals surface area contributed by atoms with Crippen molar-refractivity contribution in [2.75, 3.05) is 11.9 Å². The molecule has 2 rings (SSSR count). The summed E-state index contributed by atoms with van der Waals surface area (Å²) >= 11 is 0. The van der Waals surface area contributed by atoms with Gasteiger partial charge in [-0.1, -0.05) is 31.2 Å². The van der Waals surface area contributed by atoms with Crippen LogP contribution in [0.15, 0.2) is 30.5 Å². The molecule has 14 heavy (non-hydrogen) atoms. The highest BCUT2D eigenvalue weighted by molar-refractivity contribution is 5.90. The topological polar surface area (TPSA) is 37.8 Å². The summed E-state index contributed by atoms with van der Waals surface area (Å²) < 4.78 is 0. The Morgan fingerprint density at radius 2 is 2.14 bits per heavy atom. The van der Waals surface area contributed by atoms with Crippen LogP contribution in [0.1, 0.15) is 13.3 Å². The summed E-state index contributed by atoms with van der Waals surface area (Å²) in [5, 5.41) is 13.6. The molecule has 0 aliphatic rings. The van der Waals surface area contributed by atoms with E-state index in [1.807, 2.05) is 18.2 Å². The minimum atomic E-state index is 0.880. The van der Waals surface area contributed by atoms with E-state index in [9.17, 15) is 0 Å². The Morgan fingerprint density at radius 3 is 3.00 bits per heavy atom. The smallest absolute Gasteiger partial charge is 0.156 e. The lowest BCUT2D eigenvalue weighted by atomic mass is 10.2. The summed E-state index contributed by atoms with van der Waals surface area (Å²) in [6, 6.07) is 8.12. The summed E-state index contributed by atoms with van der Waals surface area (Å²) in [5.74, 6) is 0.880. The number of hydrogen-bond donors (Lipinski definition) is 1. The van der Waals surface area contributed by atoms with Gasteiger partial charge in [0.1, 0.15) is 0 Å². The van der Waals surface area contributed by atoms with Gasteiger partial charge in [0, 0.05) is 17.3 Å². The third-order valence-electron chi connectivity index (χ3n) is 2.11. The molecule has 0 spiro atoms. The highest BCUT2D eigenvalue weighted by atomic mass is 15.2. The molecule has 0 saturated carbocycles. The number of aromatic nitrogens is 2. The Morgan fingerprint density at radius 1 is 1.29 bits per heavy atom. The Bertz CT molecular complexity index is 420. The first-order valence-electron chi connectivity index (χ1n) is 4.86. The van der Waals surface area contributed by atoms with E-state index in [0.717, 1.165) is 29.6 Å². The second-order valence-electron chi connectivity index (χ2n) is 3.21. The first-order valence-corrected chi connectivity index (χ1v) is 4.86. The van der Waals surface area contributed by atoms with E-state index in [1.54, 1.807) is 6.20 Å². The van der Waals surface area contributed by atoms with Gasteiger partial charge in [0.25, 0.3) is 0 Å². The predicted octanol–water partition coefficient (Wildman–Crippen LogP) is 2.45. The SMILES string of the molecule is CCCNc1nncc2ccccc12. The fourth-order valence-electron chi connectivity index (χ4n) is 1.40. The van der Waals surface area contributed by atoms with Crippen molar-refractivity contribution in [3.63, 3.8) is 0 Å². The molecule has 0 unspecified atom stereocenters. The van der Waals surface area contributed by atoms with Gasteiger partial charge in [-0.25, -0.2) is 0 Å². The molecule has 0 fully saturated rings. The monoisotopic (exact) mass is 187 g/mol. The molecule has 3 heteroatoms. The summed E-state index contributed by atoms with van der Waals surface area (Å²) in [7, 11) is 0. The van der Waals surface area contributed by atoms with Crippen LogP contribution in [-0.4, -0.2) is 16.7 Å². The van der Waals surface area contributed by atoms with Crippen molar-refractivity contribution in [3.8, 4) is 0 Å². The molecular formula is C11H13N3. The van der Waals surface area contributed by atoms with E-state index in [1.165, 1.54) is 0 Å². The van der Waals surface area contributed by atoms with Gasteiger partial charge >= 0.3 is 0 Å². The van der Waals surface area contributed by atoms with E-state index in [0.29, 0.717) is 0 Å². The van der Waals surface area contributed by atoms with Crippen molar-refractivity contribution < 1.29 is 0 Å². The Kier molecular flexibility index (Phi) is 2.58. The molecule has 0 amide bonds. The highest BCUT2D eigenvalue weighted by Gasteiger charge is 2.00. The van der Waals surface area contributed by atoms with Crippen molar-refractivity contribution in [3.05, 3.63) is 30.5 Å². The second kappa shape index (κ2) is 4.05. The third kappa shape index (κ3) is 1.66. The lowest BCUT2D eigenvalue weighted by molar-refractivity contribution is 0.951. The average Bonchev–Trinajstić information content (AvgIpc) is 2.26. The van der Waals surface area contributed by atoms with Gasteiger partial charge in [0.2, 0.25) is 0 Å². The van der Waals surface area contributed by atoms with Crippen LogP contribution in [0.2, 0.25) is 0 Å². The predicted molar refractivity (Wildman–Crippen MR) is 58.3 cm³/mol. The maximum atomic E-state index is 4.08. The van der Waals surface area contributed by atoms with Crippen molar-refractivity contribution >= 4 is 16.6 Å². The number of benzene rings is 1. The van der Waals surface area contributed by atoms with Crippen molar-refractivity contribution in [1.29, 1.82) is 0 Å². The van der Waals surface area contributed by atoms with Crippen LogP contribution in [0, 0.1) is 0 Å². The lowest BCUT2D eigenvalue weighted by Crippen LogP contribution is -2.03. The second-order valence-corrected chi connectivity index (χ2v) is 3.21. The van der Waals surface area contributed by atoms with Gasteiger partial charge in [0.15, 0.2) is 5.82 Å².